The second-order valence-corrected chi connectivity index (χ2v) is 11.2. The fourth-order valence-corrected chi connectivity index (χ4v) is 6.70. The van der Waals surface area contributed by atoms with Crippen molar-refractivity contribution >= 4 is 31.4 Å². The van der Waals surface area contributed by atoms with Crippen LogP contribution in [0.4, 0.5) is 11.4 Å². The predicted molar refractivity (Wildman–Crippen MR) is 119 cm³/mol. The van der Waals surface area contributed by atoms with E-state index in [9.17, 15) is 16.8 Å². The van der Waals surface area contributed by atoms with Crippen LogP contribution in [-0.4, -0.2) is 36.2 Å². The molecule has 1 N–H and O–H groups in total. The van der Waals surface area contributed by atoms with E-state index in [1.165, 1.54) is 4.31 Å². The quantitative estimate of drug-likeness (QED) is 0.693. The van der Waals surface area contributed by atoms with Crippen LogP contribution >= 0.6 is 0 Å². The van der Waals surface area contributed by atoms with Gasteiger partial charge in [-0.25, -0.2) is 16.8 Å². The molecule has 0 fully saturated rings. The van der Waals surface area contributed by atoms with Crippen molar-refractivity contribution in [3.05, 3.63) is 47.0 Å². The van der Waals surface area contributed by atoms with Gasteiger partial charge in [0.2, 0.25) is 10.0 Å². The van der Waals surface area contributed by atoms with Gasteiger partial charge in [-0.1, -0.05) is 13.0 Å². The molecule has 0 atom stereocenters. The minimum absolute atomic E-state index is 0.0623. The van der Waals surface area contributed by atoms with Crippen molar-refractivity contribution in [2.24, 2.45) is 0 Å². The van der Waals surface area contributed by atoms with Crippen molar-refractivity contribution in [3.63, 3.8) is 0 Å². The van der Waals surface area contributed by atoms with E-state index in [1.807, 2.05) is 6.92 Å². The molecule has 0 spiro atoms. The van der Waals surface area contributed by atoms with E-state index in [0.717, 1.165) is 29.5 Å². The number of benzene rings is 2. The van der Waals surface area contributed by atoms with Crippen LogP contribution in [0.2, 0.25) is 0 Å². The Morgan fingerprint density at radius 3 is 2.33 bits per heavy atom. The molecule has 0 radical (unpaired) electrons. The maximum atomic E-state index is 13.0. The first-order valence-corrected chi connectivity index (χ1v) is 13.0. The molecule has 0 saturated carbocycles. The zero-order valence-corrected chi connectivity index (χ0v) is 19.4. The van der Waals surface area contributed by atoms with E-state index < -0.39 is 20.0 Å². The summed E-state index contributed by atoms with van der Waals surface area (Å²) in [6.45, 7) is 5.81. The van der Waals surface area contributed by atoms with Crippen molar-refractivity contribution in [3.8, 4) is 5.75 Å². The molecular weight excluding hydrogens is 424 g/mol. The summed E-state index contributed by atoms with van der Waals surface area (Å²) in [7, 11) is -5.73. The summed E-state index contributed by atoms with van der Waals surface area (Å²) in [4.78, 5) is 0.131. The average molecular weight is 453 g/mol. The Bertz CT molecular complexity index is 1130. The number of ether oxygens (including phenoxy) is 1. The van der Waals surface area contributed by atoms with Crippen molar-refractivity contribution in [2.75, 3.05) is 28.4 Å². The minimum atomic E-state index is -3.85. The third-order valence-electron chi connectivity index (χ3n) is 5.16. The first-order chi connectivity index (χ1) is 14.1. The van der Waals surface area contributed by atoms with E-state index in [2.05, 4.69) is 4.72 Å². The Labute approximate surface area is 179 Å². The standard InChI is InChI=1S/C21H28N2O5S2/c1-5-11-29(24,25)23-10-6-7-17-8-9-18(14-20(17)23)22-30(26,27)19-12-15(2)21(28-4)16(3)13-19/h8-9,12-14,22H,5-7,10-11H2,1-4H3. The van der Waals surface area contributed by atoms with Gasteiger partial charge >= 0.3 is 0 Å². The lowest BCUT2D eigenvalue weighted by atomic mass is 10.0. The third kappa shape index (κ3) is 4.41. The maximum absolute atomic E-state index is 13.0. The molecule has 1 aliphatic heterocycles. The highest BCUT2D eigenvalue weighted by Crippen LogP contribution is 2.33. The Hall–Kier alpha value is -2.26. The summed E-state index contributed by atoms with van der Waals surface area (Å²) < 4.78 is 60.6. The van der Waals surface area contributed by atoms with Gasteiger partial charge in [0.05, 0.1) is 29.1 Å². The highest BCUT2D eigenvalue weighted by molar-refractivity contribution is 7.93. The molecule has 2 aromatic carbocycles. The number of methoxy groups -OCH3 is 1. The van der Waals surface area contributed by atoms with Gasteiger partial charge in [-0.3, -0.25) is 9.03 Å². The summed E-state index contributed by atoms with van der Waals surface area (Å²) in [5.74, 6) is 0.715. The SMILES string of the molecule is CCCS(=O)(=O)N1CCCc2ccc(NS(=O)(=O)c3cc(C)c(OC)c(C)c3)cc21. The van der Waals surface area contributed by atoms with Crippen LogP contribution in [0.15, 0.2) is 35.2 Å². The molecule has 0 bridgehead atoms. The molecule has 30 heavy (non-hydrogen) atoms. The zero-order valence-electron chi connectivity index (χ0n) is 17.7. The smallest absolute Gasteiger partial charge is 0.261 e. The molecule has 0 unspecified atom stereocenters. The summed E-state index contributed by atoms with van der Waals surface area (Å²) in [6.07, 6.45) is 2.03. The topological polar surface area (TPSA) is 92.8 Å². The van der Waals surface area contributed by atoms with Gasteiger partial charge in [0.25, 0.3) is 10.0 Å². The zero-order chi connectivity index (χ0) is 22.1. The Kier molecular flexibility index (Phi) is 6.33. The van der Waals surface area contributed by atoms with Crippen LogP contribution in [0.5, 0.6) is 5.75 Å². The predicted octanol–water partition coefficient (Wildman–Crippen LogP) is 3.61. The van der Waals surface area contributed by atoms with Gasteiger partial charge in [-0.2, -0.15) is 0 Å². The van der Waals surface area contributed by atoms with Crippen LogP contribution in [0.3, 0.4) is 0 Å². The van der Waals surface area contributed by atoms with Gasteiger partial charge < -0.3 is 4.74 Å². The van der Waals surface area contributed by atoms with Gasteiger partial charge in [0.1, 0.15) is 5.75 Å². The van der Waals surface area contributed by atoms with Crippen molar-refractivity contribution < 1.29 is 21.6 Å². The van der Waals surface area contributed by atoms with Crippen LogP contribution in [0.25, 0.3) is 0 Å². The van der Waals surface area contributed by atoms with Crippen molar-refractivity contribution in [2.45, 2.75) is 44.9 Å². The molecule has 9 heteroatoms. The van der Waals surface area contributed by atoms with E-state index in [0.29, 0.717) is 30.1 Å². The lowest BCUT2D eigenvalue weighted by molar-refractivity contribution is 0.408. The number of hydrogen-bond donors (Lipinski definition) is 1. The van der Waals surface area contributed by atoms with E-state index in [-0.39, 0.29) is 10.6 Å². The molecular formula is C21H28N2O5S2. The summed E-state index contributed by atoms with van der Waals surface area (Å²) in [5.41, 5.74) is 3.23. The fourth-order valence-electron chi connectivity index (χ4n) is 3.86. The Balaban J connectivity index is 1.97. The van der Waals surface area contributed by atoms with Crippen molar-refractivity contribution in [1.82, 2.24) is 0 Å². The number of sulfonamides is 2. The number of nitrogens with zero attached hydrogens (tertiary/aromatic N) is 1. The number of rotatable bonds is 7. The summed E-state index contributed by atoms with van der Waals surface area (Å²) >= 11 is 0. The van der Waals surface area contributed by atoms with Crippen LogP contribution in [0.1, 0.15) is 36.5 Å². The second-order valence-electron chi connectivity index (χ2n) is 7.53. The largest absolute Gasteiger partial charge is 0.496 e. The minimum Gasteiger partial charge on any atom is -0.496 e. The lowest BCUT2D eigenvalue weighted by Gasteiger charge is -2.31. The van der Waals surface area contributed by atoms with Crippen LogP contribution in [-0.2, 0) is 26.5 Å². The molecule has 3 rings (SSSR count). The van der Waals surface area contributed by atoms with Gasteiger partial charge in [-0.05, 0) is 74.1 Å². The van der Waals surface area contributed by atoms with Gasteiger partial charge in [0.15, 0.2) is 0 Å². The number of aryl methyl sites for hydroxylation is 3. The monoisotopic (exact) mass is 452 g/mol. The van der Waals surface area contributed by atoms with Crippen molar-refractivity contribution in [1.29, 1.82) is 0 Å². The molecule has 0 aromatic heterocycles. The second kappa shape index (κ2) is 8.47. The Morgan fingerprint density at radius 1 is 1.07 bits per heavy atom. The van der Waals surface area contributed by atoms with Gasteiger partial charge in [0, 0.05) is 6.54 Å². The summed E-state index contributed by atoms with van der Waals surface area (Å²) in [5, 5.41) is 0. The fraction of sp³-hybridized carbons (Fsp3) is 0.429. The number of fused-ring (bicyclic) bond motifs is 1. The van der Waals surface area contributed by atoms with E-state index >= 15 is 0 Å². The molecule has 2 aromatic rings. The summed E-state index contributed by atoms with van der Waals surface area (Å²) in [6, 6.07) is 8.21. The molecule has 1 heterocycles. The highest BCUT2D eigenvalue weighted by atomic mass is 32.2. The number of anilines is 2. The molecule has 0 aliphatic carbocycles. The van der Waals surface area contributed by atoms with Crippen LogP contribution < -0.4 is 13.8 Å². The van der Waals surface area contributed by atoms with E-state index in [1.54, 1.807) is 51.3 Å². The van der Waals surface area contributed by atoms with Gasteiger partial charge in [-0.15, -0.1) is 0 Å². The lowest BCUT2D eigenvalue weighted by Crippen LogP contribution is -2.37. The molecule has 1 aliphatic rings. The van der Waals surface area contributed by atoms with Crippen LogP contribution in [0, 0.1) is 13.8 Å². The van der Waals surface area contributed by atoms with E-state index in [4.69, 9.17) is 4.74 Å². The molecule has 7 nitrogen and oxygen atoms in total. The number of nitrogens with one attached hydrogen (secondary N) is 1. The molecule has 0 saturated heterocycles. The molecule has 164 valence electrons. The average Bonchev–Trinajstić information content (AvgIpc) is 2.66. The molecule has 0 amide bonds. The first-order valence-electron chi connectivity index (χ1n) is 9.90. The maximum Gasteiger partial charge on any atom is 0.261 e. The normalized spacial score (nSPS) is 14.3. The first kappa shape index (κ1) is 22.4. The highest BCUT2D eigenvalue weighted by Gasteiger charge is 2.27. The number of hydrogen-bond acceptors (Lipinski definition) is 5. The third-order valence-corrected chi connectivity index (χ3v) is 8.50. The Morgan fingerprint density at radius 2 is 1.73 bits per heavy atom.